The van der Waals surface area contributed by atoms with Crippen LogP contribution in [0, 0.1) is 0 Å². The van der Waals surface area contributed by atoms with Crippen LogP contribution >= 0.6 is 11.8 Å². The Balaban J connectivity index is 1.80. The van der Waals surface area contributed by atoms with Crippen molar-refractivity contribution in [1.29, 1.82) is 0 Å². The van der Waals surface area contributed by atoms with E-state index in [0.717, 1.165) is 5.56 Å². The van der Waals surface area contributed by atoms with Crippen molar-refractivity contribution in [2.24, 2.45) is 4.99 Å². The van der Waals surface area contributed by atoms with E-state index in [1.165, 1.54) is 11.8 Å². The van der Waals surface area contributed by atoms with Crippen LogP contribution in [0.1, 0.15) is 11.7 Å². The summed E-state index contributed by atoms with van der Waals surface area (Å²) in [6.07, 6.45) is -2.67. The summed E-state index contributed by atoms with van der Waals surface area (Å²) in [4.78, 5) is 4.31. The van der Waals surface area contributed by atoms with Gasteiger partial charge in [0.25, 0.3) is 0 Å². The molecule has 0 radical (unpaired) electrons. The molecule has 1 saturated heterocycles. The van der Waals surface area contributed by atoms with Gasteiger partial charge in [0.2, 0.25) is 0 Å². The summed E-state index contributed by atoms with van der Waals surface area (Å²) in [6, 6.07) is 8.70. The molecule has 0 spiro atoms. The minimum Gasteiger partial charge on any atom is -0.388 e. The summed E-state index contributed by atoms with van der Waals surface area (Å²) in [5.41, 5.74) is 0.425. The Morgan fingerprint density at radius 3 is 2.74 bits per heavy atom. The van der Waals surface area contributed by atoms with Gasteiger partial charge in [-0.25, -0.2) is 0 Å². The highest BCUT2D eigenvalue weighted by molar-refractivity contribution is 8.14. The normalized spacial score (nSPS) is 35.6. The number of hydrogen-bond donors (Lipinski definition) is 3. The molecule has 1 fully saturated rings. The maximum atomic E-state index is 10.3. The Labute approximate surface area is 114 Å². The molecule has 3 rings (SSSR count). The molecule has 2 aliphatic rings. The number of thioether (sulfide) groups is 1. The summed E-state index contributed by atoms with van der Waals surface area (Å²) < 4.78 is 5.43. The Morgan fingerprint density at radius 1 is 1.26 bits per heavy atom. The van der Waals surface area contributed by atoms with Crippen molar-refractivity contribution in [2.45, 2.75) is 29.8 Å². The fourth-order valence-corrected chi connectivity index (χ4v) is 3.42. The molecule has 5 unspecified atom stereocenters. The second-order valence-corrected chi connectivity index (χ2v) is 5.77. The Morgan fingerprint density at radius 2 is 2.00 bits per heavy atom. The van der Waals surface area contributed by atoms with E-state index in [1.807, 2.05) is 30.3 Å². The van der Waals surface area contributed by atoms with Crippen LogP contribution in [0.4, 0.5) is 0 Å². The Hall–Kier alpha value is -0.920. The molecule has 5 nitrogen and oxygen atoms in total. The van der Waals surface area contributed by atoms with Gasteiger partial charge in [-0.1, -0.05) is 42.1 Å². The van der Waals surface area contributed by atoms with Gasteiger partial charge < -0.3 is 20.1 Å². The van der Waals surface area contributed by atoms with Gasteiger partial charge in [-0.3, -0.25) is 4.99 Å². The van der Waals surface area contributed by atoms with E-state index in [0.29, 0.717) is 5.04 Å². The number of rotatable bonds is 2. The highest BCUT2D eigenvalue weighted by Gasteiger charge is 2.44. The van der Waals surface area contributed by atoms with E-state index in [1.54, 1.807) is 0 Å². The molecule has 0 aromatic heterocycles. The molecule has 1 aromatic carbocycles. The zero-order valence-electron chi connectivity index (χ0n) is 10.1. The second kappa shape index (κ2) is 5.22. The van der Waals surface area contributed by atoms with Crippen molar-refractivity contribution in [3.05, 3.63) is 35.9 Å². The number of nitrogens with zero attached hydrogens (tertiary/aromatic N) is 1. The molecule has 0 saturated carbocycles. The van der Waals surface area contributed by atoms with E-state index in [9.17, 15) is 15.3 Å². The first-order chi connectivity index (χ1) is 9.16. The predicted molar refractivity (Wildman–Crippen MR) is 72.0 cm³/mol. The smallest absolute Gasteiger partial charge is 0.134 e. The van der Waals surface area contributed by atoms with E-state index >= 15 is 0 Å². The summed E-state index contributed by atoms with van der Waals surface area (Å²) >= 11 is 1.31. The van der Waals surface area contributed by atoms with Crippen LogP contribution in [0.15, 0.2) is 35.3 Å². The van der Waals surface area contributed by atoms with Gasteiger partial charge >= 0.3 is 0 Å². The van der Waals surface area contributed by atoms with Crippen LogP contribution in [0.2, 0.25) is 0 Å². The third kappa shape index (κ3) is 2.42. The van der Waals surface area contributed by atoms with Crippen molar-refractivity contribution in [1.82, 2.24) is 0 Å². The quantitative estimate of drug-likeness (QED) is 0.727. The van der Waals surface area contributed by atoms with E-state index < -0.39 is 24.4 Å². The lowest BCUT2D eigenvalue weighted by molar-refractivity contribution is -0.105. The summed E-state index contributed by atoms with van der Waals surface area (Å²) in [7, 11) is 0. The van der Waals surface area contributed by atoms with Crippen LogP contribution in [0.5, 0.6) is 0 Å². The maximum absolute atomic E-state index is 10.3. The van der Waals surface area contributed by atoms with Crippen LogP contribution < -0.4 is 0 Å². The topological polar surface area (TPSA) is 82.3 Å². The third-order valence-corrected chi connectivity index (χ3v) is 4.53. The molecule has 0 aliphatic carbocycles. The van der Waals surface area contributed by atoms with Crippen molar-refractivity contribution in [2.75, 3.05) is 6.61 Å². The molecule has 0 amide bonds. The SMILES string of the molecule is OC(C1=NC2C(OCC(O)C2O)S1)c1ccccc1. The van der Waals surface area contributed by atoms with E-state index in [4.69, 9.17) is 4.74 Å². The number of aliphatic hydroxyl groups is 3. The molecule has 3 N–H and O–H groups in total. The molecular formula is C13H15NO4S. The van der Waals surface area contributed by atoms with Gasteiger partial charge in [0.1, 0.15) is 34.8 Å². The van der Waals surface area contributed by atoms with Crippen LogP contribution in [0.3, 0.4) is 0 Å². The summed E-state index contributed by atoms with van der Waals surface area (Å²) in [5.74, 6) is 0. The van der Waals surface area contributed by atoms with E-state index in [2.05, 4.69) is 4.99 Å². The number of ether oxygens (including phenoxy) is 1. The number of fused-ring (bicyclic) bond motifs is 1. The zero-order chi connectivity index (χ0) is 13.4. The molecule has 2 heterocycles. The number of aliphatic imine (C=N–C) groups is 1. The summed E-state index contributed by atoms with van der Waals surface area (Å²) in [5, 5.41) is 30.2. The Bertz CT molecular complexity index is 481. The molecule has 5 atom stereocenters. The maximum Gasteiger partial charge on any atom is 0.134 e. The summed E-state index contributed by atoms with van der Waals surface area (Å²) in [6.45, 7) is 0.0968. The predicted octanol–water partition coefficient (Wildman–Crippen LogP) is 0.312. The lowest BCUT2D eigenvalue weighted by Gasteiger charge is -2.31. The lowest BCUT2D eigenvalue weighted by atomic mass is 10.0. The van der Waals surface area contributed by atoms with Gasteiger partial charge in [-0.05, 0) is 5.56 Å². The third-order valence-electron chi connectivity index (χ3n) is 3.32. The van der Waals surface area contributed by atoms with Crippen molar-refractivity contribution < 1.29 is 20.1 Å². The van der Waals surface area contributed by atoms with E-state index in [-0.39, 0.29) is 12.0 Å². The van der Waals surface area contributed by atoms with Crippen LogP contribution in [-0.2, 0) is 4.74 Å². The highest BCUT2D eigenvalue weighted by atomic mass is 32.2. The minimum absolute atomic E-state index is 0.0968. The number of hydrogen-bond acceptors (Lipinski definition) is 6. The molecule has 19 heavy (non-hydrogen) atoms. The largest absolute Gasteiger partial charge is 0.388 e. The average Bonchev–Trinajstić information content (AvgIpc) is 2.88. The second-order valence-electron chi connectivity index (χ2n) is 4.65. The molecule has 1 aromatic rings. The van der Waals surface area contributed by atoms with Gasteiger partial charge in [0.05, 0.1) is 6.61 Å². The fourth-order valence-electron chi connectivity index (χ4n) is 2.23. The molecule has 0 bridgehead atoms. The standard InChI is InChI=1S/C13H15NO4S/c15-8-6-18-13-9(11(8)17)14-12(19-13)10(16)7-4-2-1-3-5-7/h1-5,8-11,13,15-17H,6H2. The first kappa shape index (κ1) is 13.1. The van der Waals surface area contributed by atoms with Crippen LogP contribution in [-0.4, -0.2) is 50.7 Å². The number of aliphatic hydroxyl groups excluding tert-OH is 3. The van der Waals surface area contributed by atoms with Gasteiger partial charge in [-0.2, -0.15) is 0 Å². The molecular weight excluding hydrogens is 266 g/mol. The minimum atomic E-state index is -0.938. The van der Waals surface area contributed by atoms with Crippen molar-refractivity contribution in [3.63, 3.8) is 0 Å². The van der Waals surface area contributed by atoms with Crippen molar-refractivity contribution >= 4 is 16.8 Å². The monoisotopic (exact) mass is 281 g/mol. The van der Waals surface area contributed by atoms with Gasteiger partial charge in [0.15, 0.2) is 0 Å². The molecule has 2 aliphatic heterocycles. The number of benzene rings is 1. The first-order valence-corrected chi connectivity index (χ1v) is 7.00. The van der Waals surface area contributed by atoms with Crippen molar-refractivity contribution in [3.8, 4) is 0 Å². The first-order valence-electron chi connectivity index (χ1n) is 6.12. The van der Waals surface area contributed by atoms with Gasteiger partial charge in [0, 0.05) is 0 Å². The zero-order valence-corrected chi connectivity index (χ0v) is 10.9. The lowest BCUT2D eigenvalue weighted by Crippen LogP contribution is -2.49. The fraction of sp³-hybridized carbons (Fsp3) is 0.462. The van der Waals surface area contributed by atoms with Crippen LogP contribution in [0.25, 0.3) is 0 Å². The molecule has 6 heteroatoms. The average molecular weight is 281 g/mol. The van der Waals surface area contributed by atoms with Gasteiger partial charge in [-0.15, -0.1) is 0 Å². The molecule has 102 valence electrons. The highest BCUT2D eigenvalue weighted by Crippen LogP contribution is 2.38. The Kier molecular flexibility index (Phi) is 3.60.